The second-order valence-corrected chi connectivity index (χ2v) is 6.04. The average Bonchev–Trinajstić information content (AvgIpc) is 3.16. The van der Waals surface area contributed by atoms with E-state index in [9.17, 15) is 4.79 Å². The van der Waals surface area contributed by atoms with Crippen LogP contribution >= 0.6 is 11.6 Å². The van der Waals surface area contributed by atoms with Gasteiger partial charge in [0.1, 0.15) is 0 Å². The zero-order valence-electron chi connectivity index (χ0n) is 12.1. The van der Waals surface area contributed by atoms with Crippen LogP contribution in [-0.2, 0) is 11.3 Å². The largest absolute Gasteiger partial charge is 0.481 e. The molecule has 2 atom stereocenters. The Bertz CT molecular complexity index is 656. The normalized spacial score (nSPS) is 22.3. The Labute approximate surface area is 131 Å². The Balaban J connectivity index is 1.75. The Kier molecular flexibility index (Phi) is 4.12. The molecule has 22 heavy (non-hydrogen) atoms. The number of aromatic amines is 2. The fourth-order valence-corrected chi connectivity index (χ4v) is 3.17. The van der Waals surface area contributed by atoms with E-state index in [4.69, 9.17) is 16.7 Å². The van der Waals surface area contributed by atoms with Gasteiger partial charge in [-0.3, -0.25) is 14.8 Å². The molecule has 0 bridgehead atoms. The van der Waals surface area contributed by atoms with E-state index in [2.05, 4.69) is 30.5 Å². The fraction of sp³-hybridized carbons (Fsp3) is 0.538. The van der Waals surface area contributed by atoms with Gasteiger partial charge in [0.15, 0.2) is 0 Å². The van der Waals surface area contributed by atoms with Crippen molar-refractivity contribution < 1.29 is 9.90 Å². The summed E-state index contributed by atoms with van der Waals surface area (Å²) in [6.45, 7) is 3.85. The highest BCUT2D eigenvalue weighted by Gasteiger charge is 2.37. The number of H-pyrrole nitrogens is 2. The summed E-state index contributed by atoms with van der Waals surface area (Å²) in [7, 11) is 0. The highest BCUT2D eigenvalue weighted by atomic mass is 35.5. The summed E-state index contributed by atoms with van der Waals surface area (Å²) in [6, 6.07) is 0. The van der Waals surface area contributed by atoms with Crippen LogP contribution in [0.1, 0.15) is 29.4 Å². The number of hydrogen-bond acceptors (Lipinski definition) is 5. The maximum Gasteiger partial charge on any atom is 0.303 e. The van der Waals surface area contributed by atoms with E-state index < -0.39 is 5.97 Å². The molecule has 9 heteroatoms. The van der Waals surface area contributed by atoms with Gasteiger partial charge in [0, 0.05) is 25.6 Å². The van der Waals surface area contributed by atoms with Crippen LogP contribution < -0.4 is 0 Å². The second-order valence-electron chi connectivity index (χ2n) is 5.66. The third-order valence-corrected chi connectivity index (χ3v) is 4.58. The summed E-state index contributed by atoms with van der Waals surface area (Å²) in [4.78, 5) is 13.3. The summed E-state index contributed by atoms with van der Waals surface area (Å²) in [6.07, 6.45) is 1.77. The van der Waals surface area contributed by atoms with Crippen LogP contribution in [0.25, 0.3) is 0 Å². The quantitative estimate of drug-likeness (QED) is 0.761. The first-order chi connectivity index (χ1) is 10.5. The lowest BCUT2D eigenvalue weighted by molar-refractivity contribution is -0.138. The lowest BCUT2D eigenvalue weighted by Crippen LogP contribution is -2.21. The monoisotopic (exact) mass is 324 g/mol. The summed E-state index contributed by atoms with van der Waals surface area (Å²) >= 11 is 6.20. The molecule has 1 aliphatic rings. The van der Waals surface area contributed by atoms with Gasteiger partial charge >= 0.3 is 5.97 Å². The minimum atomic E-state index is -0.797. The lowest BCUT2D eigenvalue weighted by atomic mass is 9.91. The van der Waals surface area contributed by atoms with Gasteiger partial charge in [0.2, 0.25) is 0 Å². The molecular formula is C13H17ClN6O2. The minimum Gasteiger partial charge on any atom is -0.481 e. The van der Waals surface area contributed by atoms with Crippen LogP contribution in [-0.4, -0.2) is 54.7 Å². The maximum absolute atomic E-state index is 11.1. The number of aliphatic carboxylic acids is 1. The van der Waals surface area contributed by atoms with Gasteiger partial charge in [0.05, 0.1) is 34.7 Å². The van der Waals surface area contributed by atoms with Crippen LogP contribution in [0.15, 0.2) is 6.20 Å². The Morgan fingerprint density at radius 3 is 2.91 bits per heavy atom. The number of aryl methyl sites for hydroxylation is 1. The van der Waals surface area contributed by atoms with Crippen LogP contribution in [0.4, 0.5) is 0 Å². The molecule has 2 aromatic heterocycles. The maximum atomic E-state index is 11.1. The smallest absolute Gasteiger partial charge is 0.303 e. The van der Waals surface area contributed by atoms with Crippen molar-refractivity contribution in [2.45, 2.75) is 25.8 Å². The van der Waals surface area contributed by atoms with Crippen molar-refractivity contribution in [1.29, 1.82) is 0 Å². The molecule has 3 heterocycles. The van der Waals surface area contributed by atoms with Crippen LogP contribution in [0.5, 0.6) is 0 Å². The molecule has 2 aromatic rings. The van der Waals surface area contributed by atoms with E-state index in [1.807, 2.05) is 6.92 Å². The molecular weight excluding hydrogens is 308 g/mol. The fourth-order valence-electron chi connectivity index (χ4n) is 3.03. The minimum absolute atomic E-state index is 0.00131. The molecule has 0 aromatic carbocycles. The molecule has 0 radical (unpaired) electrons. The molecule has 3 N–H and O–H groups in total. The van der Waals surface area contributed by atoms with Gasteiger partial charge in [-0.2, -0.15) is 20.5 Å². The summed E-state index contributed by atoms with van der Waals surface area (Å²) in [5.74, 6) is -0.746. The molecule has 0 unspecified atom stereocenters. The molecule has 3 rings (SSSR count). The van der Waals surface area contributed by atoms with Crippen molar-refractivity contribution in [2.24, 2.45) is 5.92 Å². The number of carboxylic acid groups (broad SMARTS) is 1. The molecule has 1 aliphatic heterocycles. The Morgan fingerprint density at radius 2 is 2.32 bits per heavy atom. The number of nitrogens with one attached hydrogen (secondary N) is 2. The first-order valence-electron chi connectivity index (χ1n) is 7.03. The van der Waals surface area contributed by atoms with Crippen molar-refractivity contribution in [3.05, 3.63) is 28.3 Å². The van der Waals surface area contributed by atoms with E-state index in [1.54, 1.807) is 6.20 Å². The van der Waals surface area contributed by atoms with Gasteiger partial charge in [0.25, 0.3) is 0 Å². The van der Waals surface area contributed by atoms with Crippen molar-refractivity contribution in [1.82, 2.24) is 30.5 Å². The van der Waals surface area contributed by atoms with Crippen LogP contribution in [0.3, 0.4) is 0 Å². The van der Waals surface area contributed by atoms with E-state index in [0.717, 1.165) is 17.1 Å². The molecule has 0 amide bonds. The van der Waals surface area contributed by atoms with Crippen molar-refractivity contribution in [3.8, 4) is 0 Å². The highest BCUT2D eigenvalue weighted by Crippen LogP contribution is 2.34. The van der Waals surface area contributed by atoms with Crippen molar-refractivity contribution in [3.63, 3.8) is 0 Å². The zero-order chi connectivity index (χ0) is 15.7. The Morgan fingerprint density at radius 1 is 1.50 bits per heavy atom. The molecule has 1 fully saturated rings. The number of hydrogen-bond donors (Lipinski definition) is 3. The zero-order valence-corrected chi connectivity index (χ0v) is 12.8. The molecule has 0 aliphatic carbocycles. The predicted octanol–water partition coefficient (Wildman–Crippen LogP) is 1.18. The molecule has 1 saturated heterocycles. The third-order valence-electron chi connectivity index (χ3n) is 4.08. The van der Waals surface area contributed by atoms with E-state index in [0.29, 0.717) is 24.7 Å². The van der Waals surface area contributed by atoms with Crippen molar-refractivity contribution >= 4 is 17.6 Å². The topological polar surface area (TPSA) is 111 Å². The summed E-state index contributed by atoms with van der Waals surface area (Å²) in [5, 5.41) is 27.4. The van der Waals surface area contributed by atoms with E-state index in [1.165, 1.54) is 0 Å². The van der Waals surface area contributed by atoms with E-state index >= 15 is 0 Å². The Hall–Kier alpha value is -1.93. The third kappa shape index (κ3) is 2.97. The lowest BCUT2D eigenvalue weighted by Gasteiger charge is -2.13. The molecule has 0 spiro atoms. The van der Waals surface area contributed by atoms with E-state index in [-0.39, 0.29) is 18.3 Å². The number of carbonyl (C=O) groups is 1. The first-order valence-corrected chi connectivity index (χ1v) is 7.41. The van der Waals surface area contributed by atoms with Crippen LogP contribution in [0.2, 0.25) is 5.02 Å². The summed E-state index contributed by atoms with van der Waals surface area (Å²) in [5.41, 5.74) is 2.43. The van der Waals surface area contributed by atoms with Crippen LogP contribution in [0, 0.1) is 12.8 Å². The molecule has 0 saturated carbocycles. The molecule has 118 valence electrons. The van der Waals surface area contributed by atoms with Gasteiger partial charge in [-0.25, -0.2) is 0 Å². The van der Waals surface area contributed by atoms with Gasteiger partial charge < -0.3 is 5.11 Å². The van der Waals surface area contributed by atoms with Crippen molar-refractivity contribution in [2.75, 3.05) is 13.1 Å². The highest BCUT2D eigenvalue weighted by molar-refractivity contribution is 6.31. The van der Waals surface area contributed by atoms with Gasteiger partial charge in [-0.15, -0.1) is 0 Å². The average molecular weight is 325 g/mol. The number of rotatable bonds is 5. The van der Waals surface area contributed by atoms with Gasteiger partial charge in [-0.05, 0) is 12.8 Å². The second kappa shape index (κ2) is 6.05. The number of carboxylic acids is 1. The predicted molar refractivity (Wildman–Crippen MR) is 78.5 cm³/mol. The number of aromatic nitrogens is 5. The molecule has 8 nitrogen and oxygen atoms in total. The standard InChI is InChI=1S/C13H17ClN6O2/c1-7-13(14)11(17-16-7)6-20-4-8(2-12(21)22)9(5-20)10-3-15-19-18-10/h3,8-9H,2,4-6H2,1H3,(H,16,17)(H,21,22)(H,15,18,19)/t8-,9+/m1/s1. The first kappa shape index (κ1) is 15.0. The summed E-state index contributed by atoms with van der Waals surface area (Å²) < 4.78 is 0. The van der Waals surface area contributed by atoms with Gasteiger partial charge in [-0.1, -0.05) is 11.6 Å². The number of likely N-dealkylation sites (tertiary alicyclic amines) is 1. The number of halogens is 1. The number of nitrogens with zero attached hydrogens (tertiary/aromatic N) is 4. The SMILES string of the molecule is Cc1[nH]nc(CN2C[C@@H](CC(=O)O)[C@@H](c3cn[nH]n3)C2)c1Cl.